The lowest BCUT2D eigenvalue weighted by atomic mass is 10.1. The molecule has 0 spiro atoms. The van der Waals surface area contributed by atoms with Crippen molar-refractivity contribution in [3.63, 3.8) is 0 Å². The van der Waals surface area contributed by atoms with Gasteiger partial charge in [-0.05, 0) is 30.2 Å². The number of benzene rings is 2. The number of hydrogen-bond donors (Lipinski definition) is 2. The molecule has 0 fully saturated rings. The second-order valence-corrected chi connectivity index (χ2v) is 7.93. The molecule has 3 rings (SSSR count). The van der Waals surface area contributed by atoms with E-state index < -0.39 is 17.6 Å². The lowest BCUT2D eigenvalue weighted by Crippen LogP contribution is -2.22. The molecule has 2 aromatic carbocycles. The molecule has 0 saturated carbocycles. The molecule has 0 bridgehead atoms. The Bertz CT molecular complexity index is 1040. The van der Waals surface area contributed by atoms with E-state index in [-0.39, 0.29) is 23.6 Å². The first-order valence-electron chi connectivity index (χ1n) is 9.32. The van der Waals surface area contributed by atoms with Gasteiger partial charge in [0.2, 0.25) is 5.13 Å². The van der Waals surface area contributed by atoms with Crippen molar-refractivity contribution in [2.45, 2.75) is 20.3 Å². The summed E-state index contributed by atoms with van der Waals surface area (Å²) in [7, 11) is 0. The van der Waals surface area contributed by atoms with E-state index in [0.29, 0.717) is 11.0 Å². The highest BCUT2D eigenvalue weighted by atomic mass is 32.1. The highest BCUT2D eigenvalue weighted by Gasteiger charge is 2.16. The predicted octanol–water partition coefficient (Wildman–Crippen LogP) is 4.15. The van der Waals surface area contributed by atoms with Gasteiger partial charge in [0.05, 0.1) is 11.3 Å². The summed E-state index contributed by atoms with van der Waals surface area (Å²) in [6, 6.07) is 12.4. The summed E-state index contributed by atoms with van der Waals surface area (Å²) < 4.78 is 19.1. The maximum atomic E-state index is 13.6. The molecule has 1 aromatic heterocycles. The monoisotopic (exact) mass is 428 g/mol. The Morgan fingerprint density at radius 2 is 1.80 bits per heavy atom. The molecule has 156 valence electrons. The molecule has 0 aliphatic rings. The fourth-order valence-electron chi connectivity index (χ4n) is 2.57. The molecule has 7 nitrogen and oxygen atoms in total. The Morgan fingerprint density at radius 3 is 2.57 bits per heavy atom. The van der Waals surface area contributed by atoms with Crippen molar-refractivity contribution in [2.75, 3.05) is 17.2 Å². The average molecular weight is 428 g/mol. The number of para-hydroxylation sites is 2. The quantitative estimate of drug-likeness (QED) is 0.562. The van der Waals surface area contributed by atoms with Gasteiger partial charge >= 0.3 is 0 Å². The number of hydrogen-bond acceptors (Lipinski definition) is 6. The van der Waals surface area contributed by atoms with Gasteiger partial charge < -0.3 is 10.1 Å². The van der Waals surface area contributed by atoms with E-state index in [2.05, 4.69) is 34.7 Å². The molecular formula is C21H21FN4O3S. The first-order valence-corrected chi connectivity index (χ1v) is 10.1. The SMILES string of the molecule is CC(C)Cc1nnc(NC(=O)c2ccccc2OCC(=O)Nc2ccccc2F)s1. The summed E-state index contributed by atoms with van der Waals surface area (Å²) in [5.74, 6) is -0.846. The van der Waals surface area contributed by atoms with Gasteiger partial charge in [-0.15, -0.1) is 10.2 Å². The second-order valence-electron chi connectivity index (χ2n) is 6.87. The summed E-state index contributed by atoms with van der Waals surface area (Å²) in [5.41, 5.74) is 0.308. The minimum absolute atomic E-state index is 0.0607. The zero-order valence-corrected chi connectivity index (χ0v) is 17.3. The molecule has 1 heterocycles. The van der Waals surface area contributed by atoms with E-state index in [1.165, 1.54) is 29.5 Å². The molecule has 0 radical (unpaired) electrons. The maximum absolute atomic E-state index is 13.6. The number of carbonyl (C=O) groups excluding carboxylic acids is 2. The van der Waals surface area contributed by atoms with Crippen molar-refractivity contribution < 1.29 is 18.7 Å². The summed E-state index contributed by atoms with van der Waals surface area (Å²) in [5, 5.41) is 14.4. The van der Waals surface area contributed by atoms with Crippen molar-refractivity contribution in [1.82, 2.24) is 10.2 Å². The number of rotatable bonds is 8. The van der Waals surface area contributed by atoms with Crippen molar-refractivity contribution >= 4 is 34.0 Å². The Morgan fingerprint density at radius 1 is 1.07 bits per heavy atom. The van der Waals surface area contributed by atoms with Gasteiger partial charge in [-0.25, -0.2) is 4.39 Å². The van der Waals surface area contributed by atoms with E-state index in [1.807, 2.05) is 0 Å². The highest BCUT2D eigenvalue weighted by Crippen LogP contribution is 2.22. The van der Waals surface area contributed by atoms with Crippen LogP contribution in [0.3, 0.4) is 0 Å². The number of nitrogens with one attached hydrogen (secondary N) is 2. The third kappa shape index (κ3) is 5.84. The lowest BCUT2D eigenvalue weighted by Gasteiger charge is -2.11. The average Bonchev–Trinajstić information content (AvgIpc) is 3.14. The van der Waals surface area contributed by atoms with Crippen molar-refractivity contribution in [2.24, 2.45) is 5.92 Å². The van der Waals surface area contributed by atoms with Crippen LogP contribution in [0.1, 0.15) is 29.2 Å². The number of ether oxygens (including phenoxy) is 1. The van der Waals surface area contributed by atoms with Gasteiger partial charge in [-0.2, -0.15) is 0 Å². The first kappa shape index (κ1) is 21.4. The van der Waals surface area contributed by atoms with Gasteiger partial charge in [-0.3, -0.25) is 14.9 Å². The number of nitrogens with zero attached hydrogens (tertiary/aromatic N) is 2. The van der Waals surface area contributed by atoms with E-state index in [1.54, 1.807) is 30.3 Å². The zero-order valence-electron chi connectivity index (χ0n) is 16.5. The van der Waals surface area contributed by atoms with Crippen LogP contribution in [0.5, 0.6) is 5.75 Å². The Balaban J connectivity index is 1.62. The summed E-state index contributed by atoms with van der Waals surface area (Å²) in [6.45, 7) is 3.78. The lowest BCUT2D eigenvalue weighted by molar-refractivity contribution is -0.118. The molecule has 9 heteroatoms. The largest absolute Gasteiger partial charge is 0.483 e. The van der Waals surface area contributed by atoms with E-state index in [9.17, 15) is 14.0 Å². The molecule has 0 aliphatic heterocycles. The van der Waals surface area contributed by atoms with E-state index >= 15 is 0 Å². The Labute approximate surface area is 177 Å². The normalized spacial score (nSPS) is 10.7. The van der Waals surface area contributed by atoms with E-state index in [0.717, 1.165) is 11.4 Å². The number of anilines is 2. The third-order valence-corrected chi connectivity index (χ3v) is 4.77. The van der Waals surface area contributed by atoms with Crippen molar-refractivity contribution in [3.05, 3.63) is 64.9 Å². The highest BCUT2D eigenvalue weighted by molar-refractivity contribution is 7.15. The van der Waals surface area contributed by atoms with Crippen LogP contribution >= 0.6 is 11.3 Å². The maximum Gasteiger partial charge on any atom is 0.262 e. The van der Waals surface area contributed by atoms with Crippen LogP contribution in [0, 0.1) is 11.7 Å². The summed E-state index contributed by atoms with van der Waals surface area (Å²) in [4.78, 5) is 24.7. The van der Waals surface area contributed by atoms with Crippen LogP contribution in [-0.4, -0.2) is 28.6 Å². The molecular weight excluding hydrogens is 407 g/mol. The molecule has 0 aliphatic carbocycles. The summed E-state index contributed by atoms with van der Waals surface area (Å²) in [6.07, 6.45) is 0.782. The van der Waals surface area contributed by atoms with Crippen LogP contribution in [0.2, 0.25) is 0 Å². The Kier molecular flexibility index (Phi) is 7.08. The zero-order chi connectivity index (χ0) is 21.5. The van der Waals surface area contributed by atoms with Gasteiger partial charge in [-0.1, -0.05) is 49.4 Å². The minimum Gasteiger partial charge on any atom is -0.483 e. The predicted molar refractivity (Wildman–Crippen MR) is 113 cm³/mol. The molecule has 30 heavy (non-hydrogen) atoms. The molecule has 0 unspecified atom stereocenters. The fraction of sp³-hybridized carbons (Fsp3) is 0.238. The first-order chi connectivity index (χ1) is 14.4. The van der Waals surface area contributed by atoms with Crippen LogP contribution in [0.4, 0.5) is 15.2 Å². The van der Waals surface area contributed by atoms with Crippen LogP contribution < -0.4 is 15.4 Å². The number of aromatic nitrogens is 2. The smallest absolute Gasteiger partial charge is 0.262 e. The van der Waals surface area contributed by atoms with Gasteiger partial charge in [0.15, 0.2) is 6.61 Å². The molecule has 3 aromatic rings. The van der Waals surface area contributed by atoms with Crippen LogP contribution in [0.25, 0.3) is 0 Å². The van der Waals surface area contributed by atoms with Crippen molar-refractivity contribution in [3.8, 4) is 5.75 Å². The summed E-state index contributed by atoms with van der Waals surface area (Å²) >= 11 is 1.32. The van der Waals surface area contributed by atoms with Crippen molar-refractivity contribution in [1.29, 1.82) is 0 Å². The molecule has 2 amide bonds. The van der Waals surface area contributed by atoms with E-state index in [4.69, 9.17) is 4.74 Å². The van der Waals surface area contributed by atoms with Gasteiger partial charge in [0.1, 0.15) is 16.6 Å². The number of halogens is 1. The van der Waals surface area contributed by atoms with Crippen LogP contribution in [0.15, 0.2) is 48.5 Å². The fourth-order valence-corrected chi connectivity index (χ4v) is 3.52. The number of amides is 2. The Hall–Kier alpha value is -3.33. The topological polar surface area (TPSA) is 93.2 Å². The minimum atomic E-state index is -0.544. The standard InChI is InChI=1S/C21H21FN4O3S/c1-13(2)11-19-25-26-21(30-19)24-20(28)14-7-3-6-10-17(14)29-12-18(27)23-16-9-5-4-8-15(16)22/h3-10,13H,11-12H2,1-2H3,(H,23,27)(H,24,26,28). The molecule has 0 atom stereocenters. The second kappa shape index (κ2) is 9.93. The number of carbonyl (C=O) groups is 2. The molecule has 0 saturated heterocycles. The third-order valence-electron chi connectivity index (χ3n) is 3.91. The van der Waals surface area contributed by atoms with Gasteiger partial charge in [0.25, 0.3) is 11.8 Å². The van der Waals surface area contributed by atoms with Gasteiger partial charge in [0, 0.05) is 6.42 Å². The molecule has 2 N–H and O–H groups in total. The van der Waals surface area contributed by atoms with Crippen LogP contribution in [-0.2, 0) is 11.2 Å².